The van der Waals surface area contributed by atoms with Crippen molar-refractivity contribution in [3.63, 3.8) is 0 Å². The van der Waals surface area contributed by atoms with Gasteiger partial charge in [0.1, 0.15) is 17.8 Å². The Balaban J connectivity index is 1.47. The van der Waals surface area contributed by atoms with Gasteiger partial charge in [0.2, 0.25) is 0 Å². The second-order valence-corrected chi connectivity index (χ2v) is 9.31. The summed E-state index contributed by atoms with van der Waals surface area (Å²) in [4.78, 5) is 21.0. The van der Waals surface area contributed by atoms with Crippen molar-refractivity contribution in [2.75, 3.05) is 24.2 Å². The standard InChI is InChI=1S/C18H24N6O4S/c1-12(2)24-11-19-21-17(24)15-5-4-6-16(20-15)23-8-7-22(18(23)25)13-9-14(10-13)28-29(3,26)27/h4-6,11-14H,7-10H2,1-3H3. The maximum Gasteiger partial charge on any atom is 0.326 e. The summed E-state index contributed by atoms with van der Waals surface area (Å²) in [7, 11) is -3.47. The van der Waals surface area contributed by atoms with Gasteiger partial charge in [-0.15, -0.1) is 10.2 Å². The molecular weight excluding hydrogens is 396 g/mol. The highest BCUT2D eigenvalue weighted by atomic mass is 32.2. The molecule has 2 amide bonds. The van der Waals surface area contributed by atoms with Crippen LogP contribution in [0.1, 0.15) is 32.7 Å². The van der Waals surface area contributed by atoms with Crippen LogP contribution in [0.5, 0.6) is 0 Å². The molecule has 2 aromatic heterocycles. The highest BCUT2D eigenvalue weighted by molar-refractivity contribution is 7.86. The number of pyridine rings is 1. The van der Waals surface area contributed by atoms with Crippen molar-refractivity contribution < 1.29 is 17.4 Å². The van der Waals surface area contributed by atoms with E-state index < -0.39 is 10.1 Å². The van der Waals surface area contributed by atoms with Crippen molar-refractivity contribution in [3.8, 4) is 11.5 Å². The maximum atomic E-state index is 12.9. The Morgan fingerprint density at radius 1 is 1.21 bits per heavy atom. The lowest BCUT2D eigenvalue weighted by Gasteiger charge is -2.39. The Morgan fingerprint density at radius 2 is 1.97 bits per heavy atom. The lowest BCUT2D eigenvalue weighted by atomic mass is 9.88. The first-order chi connectivity index (χ1) is 13.7. The fraction of sp³-hybridized carbons (Fsp3) is 0.556. The number of carbonyl (C=O) groups is 1. The van der Waals surface area contributed by atoms with E-state index in [4.69, 9.17) is 4.18 Å². The van der Waals surface area contributed by atoms with Crippen molar-refractivity contribution in [1.29, 1.82) is 0 Å². The Bertz CT molecular complexity index is 1010. The van der Waals surface area contributed by atoms with Gasteiger partial charge in [-0.05, 0) is 38.8 Å². The average Bonchev–Trinajstić information content (AvgIpc) is 3.24. The molecule has 0 unspecified atom stereocenters. The summed E-state index contributed by atoms with van der Waals surface area (Å²) >= 11 is 0. The third-order valence-electron chi connectivity index (χ3n) is 5.23. The normalized spacial score (nSPS) is 22.4. The Morgan fingerprint density at radius 3 is 2.66 bits per heavy atom. The molecule has 29 heavy (non-hydrogen) atoms. The Kier molecular flexibility index (Phi) is 5.03. The van der Waals surface area contributed by atoms with Crippen molar-refractivity contribution in [2.24, 2.45) is 0 Å². The van der Waals surface area contributed by atoms with E-state index in [0.717, 1.165) is 6.26 Å². The van der Waals surface area contributed by atoms with E-state index >= 15 is 0 Å². The topological polar surface area (TPSA) is 111 Å². The minimum Gasteiger partial charge on any atom is -0.319 e. The van der Waals surface area contributed by atoms with Gasteiger partial charge in [0.15, 0.2) is 5.82 Å². The predicted octanol–water partition coefficient (Wildman–Crippen LogP) is 1.67. The molecule has 0 spiro atoms. The van der Waals surface area contributed by atoms with Gasteiger partial charge in [-0.2, -0.15) is 8.42 Å². The van der Waals surface area contributed by atoms with Gasteiger partial charge < -0.3 is 9.47 Å². The molecule has 11 heteroatoms. The van der Waals surface area contributed by atoms with Gasteiger partial charge >= 0.3 is 6.03 Å². The molecule has 2 aliphatic rings. The number of amides is 2. The van der Waals surface area contributed by atoms with Crippen molar-refractivity contribution in [1.82, 2.24) is 24.6 Å². The van der Waals surface area contributed by atoms with Crippen LogP contribution in [0.15, 0.2) is 24.5 Å². The van der Waals surface area contributed by atoms with Gasteiger partial charge in [0, 0.05) is 25.2 Å². The van der Waals surface area contributed by atoms with Gasteiger partial charge in [-0.1, -0.05) is 6.07 Å². The number of anilines is 1. The number of hydrogen-bond acceptors (Lipinski definition) is 7. The van der Waals surface area contributed by atoms with Crippen LogP contribution < -0.4 is 4.90 Å². The van der Waals surface area contributed by atoms with Crippen LogP contribution >= 0.6 is 0 Å². The van der Waals surface area contributed by atoms with Crippen LogP contribution in [0.3, 0.4) is 0 Å². The third-order valence-corrected chi connectivity index (χ3v) is 5.85. The lowest BCUT2D eigenvalue weighted by Crippen LogP contribution is -2.50. The van der Waals surface area contributed by atoms with Gasteiger partial charge in [0.05, 0.1) is 12.4 Å². The molecule has 0 radical (unpaired) electrons. The van der Waals surface area contributed by atoms with Crippen molar-refractivity contribution in [3.05, 3.63) is 24.5 Å². The molecule has 4 rings (SSSR count). The zero-order chi connectivity index (χ0) is 20.8. The number of nitrogens with zero attached hydrogens (tertiary/aromatic N) is 6. The molecule has 0 N–H and O–H groups in total. The summed E-state index contributed by atoms with van der Waals surface area (Å²) in [5, 5.41) is 8.15. The first kappa shape index (κ1) is 19.8. The van der Waals surface area contributed by atoms with Crippen LogP contribution in [0.4, 0.5) is 10.6 Å². The van der Waals surface area contributed by atoms with E-state index in [9.17, 15) is 13.2 Å². The molecule has 2 aromatic rings. The van der Waals surface area contributed by atoms with Gasteiger partial charge in [-0.25, -0.2) is 9.78 Å². The summed E-state index contributed by atoms with van der Waals surface area (Å²) in [6, 6.07) is 5.57. The van der Waals surface area contributed by atoms with Crippen LogP contribution in [0.2, 0.25) is 0 Å². The third kappa shape index (κ3) is 3.97. The minimum absolute atomic E-state index is 0.00790. The van der Waals surface area contributed by atoms with Gasteiger partial charge in [0.25, 0.3) is 10.1 Å². The zero-order valence-electron chi connectivity index (χ0n) is 16.6. The van der Waals surface area contributed by atoms with E-state index in [2.05, 4.69) is 15.2 Å². The molecule has 1 aliphatic carbocycles. The number of urea groups is 1. The smallest absolute Gasteiger partial charge is 0.319 e. The quantitative estimate of drug-likeness (QED) is 0.654. The largest absolute Gasteiger partial charge is 0.326 e. The molecule has 1 aliphatic heterocycles. The number of carbonyl (C=O) groups excluding carboxylic acids is 1. The molecule has 3 heterocycles. The lowest BCUT2D eigenvalue weighted by molar-refractivity contribution is 0.0479. The summed E-state index contributed by atoms with van der Waals surface area (Å²) in [5.41, 5.74) is 0.658. The predicted molar refractivity (Wildman–Crippen MR) is 106 cm³/mol. The van der Waals surface area contributed by atoms with E-state index in [1.54, 1.807) is 22.2 Å². The van der Waals surface area contributed by atoms with Crippen LogP contribution in [-0.2, 0) is 14.3 Å². The summed E-state index contributed by atoms with van der Waals surface area (Å²) in [6.07, 6.45) is 3.42. The molecule has 2 fully saturated rings. The van der Waals surface area contributed by atoms with E-state index in [0.29, 0.717) is 43.3 Å². The maximum absolute atomic E-state index is 12.9. The second-order valence-electron chi connectivity index (χ2n) is 7.71. The second kappa shape index (κ2) is 7.38. The fourth-order valence-electron chi connectivity index (χ4n) is 3.73. The van der Waals surface area contributed by atoms with Crippen LogP contribution in [-0.4, -0.2) is 70.6 Å². The van der Waals surface area contributed by atoms with Gasteiger partial charge in [-0.3, -0.25) is 9.08 Å². The molecule has 1 saturated carbocycles. The molecule has 0 aromatic carbocycles. The average molecular weight is 420 g/mol. The van der Waals surface area contributed by atoms with E-state index in [-0.39, 0.29) is 24.2 Å². The highest BCUT2D eigenvalue weighted by Gasteiger charge is 2.43. The van der Waals surface area contributed by atoms with Crippen molar-refractivity contribution in [2.45, 2.75) is 44.9 Å². The summed E-state index contributed by atoms with van der Waals surface area (Å²) < 4.78 is 29.4. The fourth-order valence-corrected chi connectivity index (χ4v) is 4.38. The first-order valence-electron chi connectivity index (χ1n) is 9.56. The first-order valence-corrected chi connectivity index (χ1v) is 11.4. The number of rotatable bonds is 6. The summed E-state index contributed by atoms with van der Waals surface area (Å²) in [6.45, 7) is 5.18. The Labute approximate surface area is 169 Å². The van der Waals surface area contributed by atoms with Crippen LogP contribution in [0.25, 0.3) is 11.5 Å². The molecular formula is C18H24N6O4S. The zero-order valence-corrected chi connectivity index (χ0v) is 17.4. The number of aromatic nitrogens is 4. The number of hydrogen-bond donors (Lipinski definition) is 0. The highest BCUT2D eigenvalue weighted by Crippen LogP contribution is 2.33. The molecule has 0 bridgehead atoms. The summed E-state index contributed by atoms with van der Waals surface area (Å²) in [5.74, 6) is 1.22. The molecule has 0 atom stereocenters. The molecule has 156 valence electrons. The monoisotopic (exact) mass is 420 g/mol. The van der Waals surface area contributed by atoms with Crippen LogP contribution in [0, 0.1) is 0 Å². The van der Waals surface area contributed by atoms with E-state index in [1.807, 2.05) is 30.5 Å². The molecule has 1 saturated heterocycles. The van der Waals surface area contributed by atoms with Crippen molar-refractivity contribution >= 4 is 22.0 Å². The Hall–Kier alpha value is -2.53. The molecule has 10 nitrogen and oxygen atoms in total. The SMILES string of the molecule is CC(C)n1cnnc1-c1cccc(N2CCN(C3CC(OS(C)(=O)=O)C3)C2=O)n1. The van der Waals surface area contributed by atoms with E-state index in [1.165, 1.54) is 0 Å². The minimum atomic E-state index is -3.47.